The van der Waals surface area contributed by atoms with Crippen LogP contribution in [0.4, 0.5) is 0 Å². The van der Waals surface area contributed by atoms with Crippen LogP contribution in [-0.2, 0) is 0 Å². The molecule has 68 valence electrons. The topological polar surface area (TPSA) is 9.23 Å². The predicted molar refractivity (Wildman–Crippen MR) is 60.9 cm³/mol. The highest BCUT2D eigenvalue weighted by atomic mass is 35.5. The summed E-state index contributed by atoms with van der Waals surface area (Å²) in [5, 5.41) is 2.49. The maximum absolute atomic E-state index is 5.99. The van der Waals surface area contributed by atoms with Gasteiger partial charge in [0.1, 0.15) is 13.6 Å². The Hall–Kier alpha value is -1.15. The number of benzene rings is 2. The van der Waals surface area contributed by atoms with Crippen molar-refractivity contribution in [3.8, 4) is 5.75 Å². The average molecular weight is 202 g/mol. The van der Waals surface area contributed by atoms with Crippen LogP contribution in [0.15, 0.2) is 30.3 Å². The molecule has 0 aliphatic rings. The maximum Gasteiger partial charge on any atom is 0.144 e. The lowest BCUT2D eigenvalue weighted by atomic mass is 9.90. The number of ether oxygens (including phenoxy) is 1. The van der Waals surface area contributed by atoms with Crippen LogP contribution in [0.3, 0.4) is 0 Å². The van der Waals surface area contributed by atoms with Gasteiger partial charge in [-0.05, 0) is 11.5 Å². The molecule has 0 aromatic heterocycles. The predicted octanol–water partition coefficient (Wildman–Crippen LogP) is 2.30. The van der Waals surface area contributed by atoms with E-state index < -0.39 is 0 Å². The van der Waals surface area contributed by atoms with E-state index in [1.807, 2.05) is 30.3 Å². The Labute approximate surface area is 89.0 Å². The van der Waals surface area contributed by atoms with Gasteiger partial charge in [0, 0.05) is 5.39 Å². The Bertz CT molecular complexity index is 482. The molecule has 0 aliphatic carbocycles. The molecule has 2 rings (SSSR count). The minimum atomic E-state index is 0.581. The molecule has 2 aromatic rings. The summed E-state index contributed by atoms with van der Waals surface area (Å²) in [5.41, 5.74) is 0.682. The second-order valence-corrected chi connectivity index (χ2v) is 3.43. The zero-order chi connectivity index (χ0) is 10.1. The fraction of sp³-hybridized carbons (Fsp3) is 0.0909. The van der Waals surface area contributed by atoms with Gasteiger partial charge in [-0.2, -0.15) is 0 Å². The molecule has 2 radical (unpaired) electrons. The quantitative estimate of drug-likeness (QED) is 0.645. The van der Waals surface area contributed by atoms with E-state index in [0.717, 1.165) is 10.8 Å². The van der Waals surface area contributed by atoms with Gasteiger partial charge in [-0.3, -0.25) is 0 Å². The van der Waals surface area contributed by atoms with Gasteiger partial charge >= 0.3 is 0 Å². The Morgan fingerprint density at radius 3 is 2.71 bits per heavy atom. The number of methoxy groups -OCH3 is 1. The van der Waals surface area contributed by atoms with Crippen molar-refractivity contribution in [2.45, 2.75) is 0 Å². The van der Waals surface area contributed by atoms with Crippen LogP contribution in [0.5, 0.6) is 5.75 Å². The summed E-state index contributed by atoms with van der Waals surface area (Å²) in [6, 6.07) is 9.45. The van der Waals surface area contributed by atoms with Crippen LogP contribution in [0.2, 0.25) is 5.02 Å². The molecule has 3 heteroatoms. The first kappa shape index (κ1) is 9.41. The molecule has 0 bridgehead atoms. The summed E-state index contributed by atoms with van der Waals surface area (Å²) in [6.07, 6.45) is 0. The van der Waals surface area contributed by atoms with E-state index in [1.165, 1.54) is 0 Å². The van der Waals surface area contributed by atoms with Gasteiger partial charge in [0.05, 0.1) is 12.1 Å². The van der Waals surface area contributed by atoms with Crippen LogP contribution in [0, 0.1) is 0 Å². The zero-order valence-electron chi connectivity index (χ0n) is 7.75. The number of hydrogen-bond donors (Lipinski definition) is 0. The van der Waals surface area contributed by atoms with E-state index in [-0.39, 0.29) is 0 Å². The highest BCUT2D eigenvalue weighted by Crippen LogP contribution is 2.31. The molecular formula is C11H8BClO. The zero-order valence-corrected chi connectivity index (χ0v) is 8.51. The highest BCUT2D eigenvalue weighted by Gasteiger charge is 2.07. The summed E-state index contributed by atoms with van der Waals surface area (Å²) in [6.45, 7) is 0. The molecule has 0 aliphatic heterocycles. The monoisotopic (exact) mass is 202 g/mol. The van der Waals surface area contributed by atoms with Gasteiger partial charge in [0.15, 0.2) is 0 Å². The molecule has 14 heavy (non-hydrogen) atoms. The molecule has 0 saturated heterocycles. The number of hydrogen-bond acceptors (Lipinski definition) is 1. The lowest BCUT2D eigenvalue weighted by molar-refractivity contribution is 0.420. The Balaban J connectivity index is 2.91. The molecule has 0 spiro atoms. The number of fused-ring (bicyclic) bond motifs is 1. The summed E-state index contributed by atoms with van der Waals surface area (Å²) < 4.78 is 5.23. The van der Waals surface area contributed by atoms with Gasteiger partial charge in [0.2, 0.25) is 0 Å². The molecule has 1 nitrogen and oxygen atoms in total. The van der Waals surface area contributed by atoms with Crippen molar-refractivity contribution in [1.29, 1.82) is 0 Å². The van der Waals surface area contributed by atoms with Crippen LogP contribution >= 0.6 is 11.6 Å². The summed E-state index contributed by atoms with van der Waals surface area (Å²) in [7, 11) is 7.45. The van der Waals surface area contributed by atoms with Crippen molar-refractivity contribution in [3.63, 3.8) is 0 Å². The lowest BCUT2D eigenvalue weighted by Crippen LogP contribution is -2.04. The summed E-state index contributed by atoms with van der Waals surface area (Å²) in [4.78, 5) is 0. The third kappa shape index (κ3) is 1.36. The lowest BCUT2D eigenvalue weighted by Gasteiger charge is -2.09. The van der Waals surface area contributed by atoms with Gasteiger partial charge in [-0.15, -0.1) is 0 Å². The first-order chi connectivity index (χ1) is 6.74. The van der Waals surface area contributed by atoms with E-state index in [1.54, 1.807) is 7.11 Å². The standard InChI is InChI=1S/C11H8BClO/c1-14-11-9(13)6-5-7-3-2-4-8(12)10(7)11/h2-6H,1H3. The largest absolute Gasteiger partial charge is 0.495 e. The first-order valence-corrected chi connectivity index (χ1v) is 4.62. The van der Waals surface area contributed by atoms with E-state index in [0.29, 0.717) is 16.2 Å². The minimum absolute atomic E-state index is 0.581. The summed E-state index contributed by atoms with van der Waals surface area (Å²) >= 11 is 5.99. The Kier molecular flexibility index (Phi) is 2.38. The average Bonchev–Trinajstić information content (AvgIpc) is 2.19. The molecule has 0 fully saturated rings. The third-order valence-electron chi connectivity index (χ3n) is 2.19. The van der Waals surface area contributed by atoms with Crippen LogP contribution in [0.25, 0.3) is 10.8 Å². The van der Waals surface area contributed by atoms with Crippen molar-refractivity contribution in [2.24, 2.45) is 0 Å². The third-order valence-corrected chi connectivity index (χ3v) is 2.48. The van der Waals surface area contributed by atoms with Crippen LogP contribution in [-0.4, -0.2) is 15.0 Å². The molecule has 0 heterocycles. The van der Waals surface area contributed by atoms with Crippen LogP contribution < -0.4 is 10.2 Å². The van der Waals surface area contributed by atoms with Gasteiger partial charge in [0.25, 0.3) is 0 Å². The van der Waals surface area contributed by atoms with Gasteiger partial charge < -0.3 is 4.74 Å². The SMILES string of the molecule is [B]c1cccc2ccc(Cl)c(OC)c12. The Morgan fingerprint density at radius 1 is 1.21 bits per heavy atom. The van der Waals surface area contributed by atoms with E-state index in [4.69, 9.17) is 24.2 Å². The highest BCUT2D eigenvalue weighted by molar-refractivity contribution is 6.41. The first-order valence-electron chi connectivity index (χ1n) is 4.24. The van der Waals surface area contributed by atoms with Crippen molar-refractivity contribution in [3.05, 3.63) is 35.4 Å². The van der Waals surface area contributed by atoms with E-state index in [2.05, 4.69) is 0 Å². The van der Waals surface area contributed by atoms with Crippen molar-refractivity contribution < 1.29 is 4.74 Å². The molecule has 0 unspecified atom stereocenters. The molecule has 2 aromatic carbocycles. The van der Waals surface area contributed by atoms with Crippen molar-refractivity contribution in [2.75, 3.05) is 7.11 Å². The summed E-state index contributed by atoms with van der Waals surface area (Å²) in [5.74, 6) is 0.641. The minimum Gasteiger partial charge on any atom is -0.495 e. The second-order valence-electron chi connectivity index (χ2n) is 3.03. The van der Waals surface area contributed by atoms with E-state index in [9.17, 15) is 0 Å². The molecule has 0 amide bonds. The van der Waals surface area contributed by atoms with Crippen molar-refractivity contribution in [1.82, 2.24) is 0 Å². The second kappa shape index (κ2) is 3.54. The van der Waals surface area contributed by atoms with Crippen molar-refractivity contribution >= 4 is 35.7 Å². The smallest absolute Gasteiger partial charge is 0.144 e. The Morgan fingerprint density at radius 2 is 2.00 bits per heavy atom. The van der Waals surface area contributed by atoms with Crippen LogP contribution in [0.1, 0.15) is 0 Å². The van der Waals surface area contributed by atoms with Gasteiger partial charge in [-0.1, -0.05) is 41.3 Å². The molecule has 0 N–H and O–H groups in total. The maximum atomic E-state index is 5.99. The molecule has 0 atom stereocenters. The van der Waals surface area contributed by atoms with E-state index >= 15 is 0 Å². The molecular weight excluding hydrogens is 194 g/mol. The molecule has 0 saturated carbocycles. The fourth-order valence-corrected chi connectivity index (χ4v) is 1.78. The fourth-order valence-electron chi connectivity index (χ4n) is 1.55. The number of rotatable bonds is 1. The normalized spacial score (nSPS) is 10.4. The van der Waals surface area contributed by atoms with Gasteiger partial charge in [-0.25, -0.2) is 0 Å². The number of halogens is 1.